The molecule has 2 fully saturated rings. The lowest BCUT2D eigenvalue weighted by molar-refractivity contribution is 0.0211. The van der Waals surface area contributed by atoms with E-state index in [-0.39, 0.29) is 22.3 Å². The molecule has 1 aliphatic heterocycles. The molecule has 6 nitrogen and oxygen atoms in total. The molecule has 0 radical (unpaired) electrons. The van der Waals surface area contributed by atoms with Crippen LogP contribution in [0, 0.1) is 0 Å². The average molecular weight is 367 g/mol. The lowest BCUT2D eigenvalue weighted by Crippen LogP contribution is -2.28. The molecular weight excluding hydrogens is 342 g/mol. The molecule has 138 valence electrons. The molecule has 0 atom stereocenters. The van der Waals surface area contributed by atoms with E-state index in [0.29, 0.717) is 13.1 Å². The summed E-state index contributed by atoms with van der Waals surface area (Å²) in [5, 5.41) is 0. The highest BCUT2D eigenvalue weighted by Crippen LogP contribution is 2.30. The van der Waals surface area contributed by atoms with Crippen molar-refractivity contribution >= 4 is 16.0 Å². The molecule has 1 saturated heterocycles. The van der Waals surface area contributed by atoms with Crippen molar-refractivity contribution < 1.29 is 22.7 Å². The largest absolute Gasteiger partial charge is 0.495 e. The molecule has 1 aliphatic carbocycles. The van der Waals surface area contributed by atoms with Crippen LogP contribution in [0.25, 0.3) is 0 Å². The van der Waals surface area contributed by atoms with Crippen LogP contribution in [-0.4, -0.2) is 45.0 Å². The Hall–Kier alpha value is -1.60. The summed E-state index contributed by atoms with van der Waals surface area (Å²) in [7, 11) is -2.24. The number of rotatable bonds is 5. The van der Waals surface area contributed by atoms with Crippen LogP contribution < -0.4 is 4.74 Å². The molecule has 7 heteroatoms. The second-order valence-electron chi connectivity index (χ2n) is 6.64. The van der Waals surface area contributed by atoms with Gasteiger partial charge in [-0.05, 0) is 56.7 Å². The van der Waals surface area contributed by atoms with Crippen LogP contribution >= 0.6 is 0 Å². The van der Waals surface area contributed by atoms with Gasteiger partial charge < -0.3 is 9.47 Å². The monoisotopic (exact) mass is 367 g/mol. The summed E-state index contributed by atoms with van der Waals surface area (Å²) in [5.41, 5.74) is 0.254. The van der Waals surface area contributed by atoms with Gasteiger partial charge in [-0.3, -0.25) is 0 Å². The Balaban J connectivity index is 1.85. The minimum atomic E-state index is -3.67. The molecule has 25 heavy (non-hydrogen) atoms. The van der Waals surface area contributed by atoms with E-state index in [2.05, 4.69) is 0 Å². The number of nitrogens with zero attached hydrogens (tertiary/aromatic N) is 1. The SMILES string of the molecule is COc1ccc(C(=O)OC2CCCCC2)cc1S(=O)(=O)N1CCCC1. The average Bonchev–Trinajstić information content (AvgIpc) is 3.17. The van der Waals surface area contributed by atoms with Crippen LogP contribution in [-0.2, 0) is 14.8 Å². The van der Waals surface area contributed by atoms with E-state index < -0.39 is 16.0 Å². The van der Waals surface area contributed by atoms with Crippen LogP contribution in [0.1, 0.15) is 55.3 Å². The zero-order chi connectivity index (χ0) is 17.9. The Bertz CT molecular complexity index is 719. The molecule has 2 aliphatic rings. The van der Waals surface area contributed by atoms with Gasteiger partial charge in [0.15, 0.2) is 0 Å². The first-order chi connectivity index (χ1) is 12.0. The summed E-state index contributed by atoms with van der Waals surface area (Å²) in [4.78, 5) is 12.5. The molecule has 1 heterocycles. The lowest BCUT2D eigenvalue weighted by Gasteiger charge is -2.22. The first kappa shape index (κ1) is 18.2. The van der Waals surface area contributed by atoms with Crippen molar-refractivity contribution in [1.82, 2.24) is 4.31 Å². The highest BCUT2D eigenvalue weighted by atomic mass is 32.2. The van der Waals surface area contributed by atoms with Gasteiger partial charge in [0.05, 0.1) is 12.7 Å². The van der Waals surface area contributed by atoms with Crippen molar-refractivity contribution in [3.8, 4) is 5.75 Å². The third-order valence-electron chi connectivity index (χ3n) is 4.91. The number of hydrogen-bond donors (Lipinski definition) is 0. The molecule has 0 spiro atoms. The van der Waals surface area contributed by atoms with E-state index in [1.54, 1.807) is 6.07 Å². The fraction of sp³-hybridized carbons (Fsp3) is 0.611. The van der Waals surface area contributed by atoms with Crippen LogP contribution in [0.4, 0.5) is 0 Å². The van der Waals surface area contributed by atoms with Crippen LogP contribution in [0.2, 0.25) is 0 Å². The zero-order valence-corrected chi connectivity index (χ0v) is 15.4. The van der Waals surface area contributed by atoms with Crippen molar-refractivity contribution in [2.45, 2.75) is 55.9 Å². The first-order valence-electron chi connectivity index (χ1n) is 8.91. The third-order valence-corrected chi connectivity index (χ3v) is 6.83. The number of carbonyl (C=O) groups is 1. The summed E-state index contributed by atoms with van der Waals surface area (Å²) >= 11 is 0. The van der Waals surface area contributed by atoms with Crippen LogP contribution in [0.15, 0.2) is 23.1 Å². The maximum Gasteiger partial charge on any atom is 0.338 e. The van der Waals surface area contributed by atoms with Crippen molar-refractivity contribution in [3.63, 3.8) is 0 Å². The van der Waals surface area contributed by atoms with Crippen LogP contribution in [0.3, 0.4) is 0 Å². The number of esters is 1. The predicted octanol–water partition coefficient (Wildman–Crippen LogP) is 2.97. The van der Waals surface area contributed by atoms with Crippen molar-refractivity contribution in [3.05, 3.63) is 23.8 Å². The Kier molecular flexibility index (Phi) is 5.64. The number of sulfonamides is 1. The summed E-state index contributed by atoms with van der Waals surface area (Å²) < 4.78 is 38.0. The molecule has 0 N–H and O–H groups in total. The first-order valence-corrected chi connectivity index (χ1v) is 10.4. The van der Waals surface area contributed by atoms with Gasteiger partial charge in [0.2, 0.25) is 10.0 Å². The molecule has 0 unspecified atom stereocenters. The third kappa shape index (κ3) is 3.98. The molecule has 1 saturated carbocycles. The number of hydrogen-bond acceptors (Lipinski definition) is 5. The van der Waals surface area contributed by atoms with Gasteiger partial charge in [-0.2, -0.15) is 4.31 Å². The second kappa shape index (κ2) is 7.74. The normalized spacial score (nSPS) is 19.7. The highest BCUT2D eigenvalue weighted by molar-refractivity contribution is 7.89. The van der Waals surface area contributed by atoms with Gasteiger partial charge in [-0.1, -0.05) is 6.42 Å². The molecular formula is C18H25NO5S. The summed E-state index contributed by atoms with van der Waals surface area (Å²) in [6.45, 7) is 1.00. The Labute approximate surface area is 149 Å². The molecule has 0 bridgehead atoms. The van der Waals surface area contributed by atoms with Gasteiger partial charge in [-0.15, -0.1) is 0 Å². The van der Waals surface area contributed by atoms with Crippen molar-refractivity contribution in [2.75, 3.05) is 20.2 Å². The minimum Gasteiger partial charge on any atom is -0.495 e. The van der Waals surface area contributed by atoms with Crippen molar-refractivity contribution in [2.24, 2.45) is 0 Å². The molecule has 0 amide bonds. The fourth-order valence-electron chi connectivity index (χ4n) is 3.48. The zero-order valence-electron chi connectivity index (χ0n) is 14.6. The molecule has 0 aromatic heterocycles. The molecule has 1 aromatic rings. The van der Waals surface area contributed by atoms with Gasteiger partial charge in [0.1, 0.15) is 16.7 Å². The Morgan fingerprint density at radius 2 is 1.76 bits per heavy atom. The highest BCUT2D eigenvalue weighted by Gasteiger charge is 2.31. The maximum atomic E-state index is 12.9. The van der Waals surface area contributed by atoms with E-state index in [0.717, 1.165) is 38.5 Å². The lowest BCUT2D eigenvalue weighted by atomic mass is 9.98. The quantitative estimate of drug-likeness (QED) is 0.748. The van der Waals surface area contributed by atoms with Gasteiger partial charge in [0.25, 0.3) is 0 Å². The van der Waals surface area contributed by atoms with Crippen molar-refractivity contribution in [1.29, 1.82) is 0 Å². The molecule has 1 aromatic carbocycles. The Morgan fingerprint density at radius 3 is 2.40 bits per heavy atom. The van der Waals surface area contributed by atoms with E-state index in [4.69, 9.17) is 9.47 Å². The predicted molar refractivity (Wildman–Crippen MR) is 93.3 cm³/mol. The van der Waals surface area contributed by atoms with Gasteiger partial charge in [0, 0.05) is 13.1 Å². The fourth-order valence-corrected chi connectivity index (χ4v) is 5.17. The second-order valence-corrected chi connectivity index (χ2v) is 8.55. The minimum absolute atomic E-state index is 0.0370. The number of methoxy groups -OCH3 is 1. The molecule has 3 rings (SSSR count). The smallest absolute Gasteiger partial charge is 0.338 e. The van der Waals surface area contributed by atoms with E-state index >= 15 is 0 Å². The summed E-state index contributed by atoms with van der Waals surface area (Å²) in [6.07, 6.45) is 6.69. The van der Waals surface area contributed by atoms with E-state index in [1.807, 2.05) is 0 Å². The van der Waals surface area contributed by atoms with Gasteiger partial charge >= 0.3 is 5.97 Å². The number of benzene rings is 1. The summed E-state index contributed by atoms with van der Waals surface area (Å²) in [5.74, 6) is -0.214. The van der Waals surface area contributed by atoms with E-state index in [9.17, 15) is 13.2 Å². The number of carbonyl (C=O) groups excluding carboxylic acids is 1. The van der Waals surface area contributed by atoms with Gasteiger partial charge in [-0.25, -0.2) is 13.2 Å². The Morgan fingerprint density at radius 1 is 1.08 bits per heavy atom. The standard InChI is InChI=1S/C18H25NO5S/c1-23-16-10-9-14(18(20)24-15-7-3-2-4-8-15)13-17(16)25(21,22)19-11-5-6-12-19/h9-10,13,15H,2-8,11-12H2,1H3. The van der Waals surface area contributed by atoms with E-state index in [1.165, 1.54) is 30.0 Å². The maximum absolute atomic E-state index is 12.9. The summed E-state index contributed by atoms with van der Waals surface area (Å²) in [6, 6.07) is 4.48. The van der Waals surface area contributed by atoms with Crippen LogP contribution in [0.5, 0.6) is 5.75 Å². The topological polar surface area (TPSA) is 72.9 Å². The number of ether oxygens (including phenoxy) is 2.